The molecule has 0 radical (unpaired) electrons. The van der Waals surface area contributed by atoms with Crippen LogP contribution in [0.15, 0.2) is 29.2 Å². The van der Waals surface area contributed by atoms with Crippen LogP contribution in [0.1, 0.15) is 0 Å². The van der Waals surface area contributed by atoms with Gasteiger partial charge >= 0.3 is 5.76 Å². The van der Waals surface area contributed by atoms with Crippen LogP contribution in [0.3, 0.4) is 0 Å². The van der Waals surface area contributed by atoms with Crippen LogP contribution in [0.4, 0.5) is 14.5 Å². The maximum atomic E-state index is 12.4. The molecule has 0 unspecified atom stereocenters. The van der Waals surface area contributed by atoms with Gasteiger partial charge in [-0.15, -0.1) is 0 Å². The van der Waals surface area contributed by atoms with Crippen molar-refractivity contribution in [2.24, 2.45) is 5.73 Å². The second kappa shape index (κ2) is 7.51. The number of hydrogen-bond acceptors (Lipinski definition) is 5. The molecule has 20 heavy (non-hydrogen) atoms. The van der Waals surface area contributed by atoms with Crippen LogP contribution in [0.5, 0.6) is 0 Å². The van der Waals surface area contributed by atoms with Gasteiger partial charge in [0.2, 0.25) is 9.84 Å². The van der Waals surface area contributed by atoms with Gasteiger partial charge in [0.15, 0.2) is 0 Å². The number of anilines is 1. The number of rotatable bonds is 8. The first kappa shape index (κ1) is 16.8. The van der Waals surface area contributed by atoms with E-state index in [1.54, 1.807) is 7.11 Å². The fourth-order valence-corrected chi connectivity index (χ4v) is 2.40. The van der Waals surface area contributed by atoms with E-state index in [0.29, 0.717) is 31.9 Å². The van der Waals surface area contributed by atoms with E-state index >= 15 is 0 Å². The lowest BCUT2D eigenvalue weighted by Crippen LogP contribution is -2.32. The summed E-state index contributed by atoms with van der Waals surface area (Å²) in [5.74, 6) is -3.41. The zero-order chi connectivity index (χ0) is 15.2. The Bertz CT molecular complexity index is 506. The lowest BCUT2D eigenvalue weighted by atomic mass is 10.3. The molecule has 0 spiro atoms. The van der Waals surface area contributed by atoms with Crippen LogP contribution in [-0.4, -0.2) is 47.5 Å². The zero-order valence-electron chi connectivity index (χ0n) is 11.1. The molecule has 1 rings (SSSR count). The predicted octanol–water partition coefficient (Wildman–Crippen LogP) is 1.09. The summed E-state index contributed by atoms with van der Waals surface area (Å²) in [6.07, 6.45) is 0. The molecule has 0 amide bonds. The number of ether oxygens (including phenoxy) is 1. The van der Waals surface area contributed by atoms with Crippen LogP contribution in [0.2, 0.25) is 0 Å². The lowest BCUT2D eigenvalue weighted by molar-refractivity contribution is 0.205. The van der Waals surface area contributed by atoms with Gasteiger partial charge in [0.1, 0.15) is 0 Å². The maximum absolute atomic E-state index is 12.4. The quantitative estimate of drug-likeness (QED) is 0.778. The summed E-state index contributed by atoms with van der Waals surface area (Å²) < 4.78 is 52.4. The number of nitrogens with zero attached hydrogens (tertiary/aromatic N) is 1. The first-order valence-corrected chi connectivity index (χ1v) is 7.54. The van der Waals surface area contributed by atoms with E-state index in [2.05, 4.69) is 0 Å². The van der Waals surface area contributed by atoms with E-state index in [4.69, 9.17) is 10.5 Å². The molecule has 0 heterocycles. The second-order valence-electron chi connectivity index (χ2n) is 4.07. The van der Waals surface area contributed by atoms with Crippen molar-refractivity contribution in [1.29, 1.82) is 0 Å². The molecule has 1 aromatic rings. The number of sulfone groups is 1. The number of halogens is 2. The molecular formula is C12H18F2N2O3S. The highest BCUT2D eigenvalue weighted by Crippen LogP contribution is 2.22. The Balaban J connectivity index is 2.93. The summed E-state index contributed by atoms with van der Waals surface area (Å²) in [7, 11) is -2.98. The highest BCUT2D eigenvalue weighted by atomic mass is 32.2. The van der Waals surface area contributed by atoms with Crippen molar-refractivity contribution >= 4 is 15.5 Å². The number of hydrogen-bond donors (Lipinski definition) is 1. The van der Waals surface area contributed by atoms with Gasteiger partial charge in [0.25, 0.3) is 0 Å². The molecule has 0 saturated heterocycles. The van der Waals surface area contributed by atoms with Gasteiger partial charge in [-0.3, -0.25) is 0 Å². The van der Waals surface area contributed by atoms with Gasteiger partial charge < -0.3 is 15.4 Å². The van der Waals surface area contributed by atoms with Crippen molar-refractivity contribution in [2.75, 3.05) is 38.3 Å². The van der Waals surface area contributed by atoms with E-state index in [0.717, 1.165) is 0 Å². The fraction of sp³-hybridized carbons (Fsp3) is 0.500. The third-order valence-corrected chi connectivity index (χ3v) is 4.13. The monoisotopic (exact) mass is 308 g/mol. The summed E-state index contributed by atoms with van der Waals surface area (Å²) in [4.78, 5) is 1.50. The number of alkyl halides is 2. The van der Waals surface area contributed by atoms with Crippen molar-refractivity contribution in [3.8, 4) is 0 Å². The normalized spacial score (nSPS) is 11.8. The summed E-state index contributed by atoms with van der Waals surface area (Å²) in [5, 5.41) is 0. The second-order valence-corrected chi connectivity index (χ2v) is 5.99. The van der Waals surface area contributed by atoms with Gasteiger partial charge in [0.05, 0.1) is 11.5 Å². The minimum Gasteiger partial charge on any atom is -0.383 e. The standard InChI is InChI=1S/C12H18F2N2O3S/c1-19-9-8-16(7-6-15)10-2-4-11(5-3-10)20(17,18)12(13)14/h2-5,12H,6-9,15H2,1H3. The Kier molecular flexibility index (Phi) is 6.31. The molecule has 114 valence electrons. The molecule has 0 bridgehead atoms. The Morgan fingerprint density at radius 1 is 1.25 bits per heavy atom. The van der Waals surface area contributed by atoms with Crippen molar-refractivity contribution in [3.63, 3.8) is 0 Å². The summed E-state index contributed by atoms with van der Waals surface area (Å²) in [5.41, 5.74) is 6.21. The summed E-state index contributed by atoms with van der Waals surface area (Å²) in [6.45, 7) is 2.04. The SMILES string of the molecule is COCCN(CCN)c1ccc(S(=O)(=O)C(F)F)cc1. The largest absolute Gasteiger partial charge is 0.383 e. The average Bonchev–Trinajstić information content (AvgIpc) is 2.43. The van der Waals surface area contributed by atoms with Crippen molar-refractivity contribution < 1.29 is 21.9 Å². The Hall–Kier alpha value is -1.25. The Labute approximate surface area is 117 Å². The third-order valence-electron chi connectivity index (χ3n) is 2.73. The summed E-state index contributed by atoms with van der Waals surface area (Å²) >= 11 is 0. The van der Waals surface area contributed by atoms with Gasteiger partial charge in [0, 0.05) is 32.4 Å². The van der Waals surface area contributed by atoms with Crippen LogP contribution < -0.4 is 10.6 Å². The Morgan fingerprint density at radius 3 is 2.30 bits per heavy atom. The minimum absolute atomic E-state index is 0.393. The van der Waals surface area contributed by atoms with Crippen molar-refractivity contribution in [1.82, 2.24) is 0 Å². The van der Waals surface area contributed by atoms with Gasteiger partial charge in [-0.2, -0.15) is 8.78 Å². The van der Waals surface area contributed by atoms with Gasteiger partial charge in [-0.25, -0.2) is 8.42 Å². The average molecular weight is 308 g/mol. The van der Waals surface area contributed by atoms with Crippen LogP contribution in [0, 0.1) is 0 Å². The van der Waals surface area contributed by atoms with E-state index in [9.17, 15) is 17.2 Å². The first-order chi connectivity index (χ1) is 9.43. The van der Waals surface area contributed by atoms with Crippen LogP contribution >= 0.6 is 0 Å². The molecule has 0 atom stereocenters. The maximum Gasteiger partial charge on any atom is 0.341 e. The zero-order valence-corrected chi connectivity index (χ0v) is 11.9. The minimum atomic E-state index is -4.55. The number of benzene rings is 1. The van der Waals surface area contributed by atoms with E-state index < -0.39 is 20.5 Å². The first-order valence-electron chi connectivity index (χ1n) is 5.99. The van der Waals surface area contributed by atoms with E-state index in [-0.39, 0.29) is 0 Å². The molecule has 0 aliphatic rings. The molecule has 0 aliphatic heterocycles. The molecule has 5 nitrogen and oxygen atoms in total. The lowest BCUT2D eigenvalue weighted by Gasteiger charge is -2.24. The van der Waals surface area contributed by atoms with Crippen LogP contribution in [0.25, 0.3) is 0 Å². The topological polar surface area (TPSA) is 72.6 Å². The molecular weight excluding hydrogens is 290 g/mol. The highest BCUT2D eigenvalue weighted by Gasteiger charge is 2.26. The van der Waals surface area contributed by atoms with Gasteiger partial charge in [-0.05, 0) is 24.3 Å². The molecule has 0 fully saturated rings. The number of methoxy groups -OCH3 is 1. The smallest absolute Gasteiger partial charge is 0.341 e. The van der Waals surface area contributed by atoms with Gasteiger partial charge in [-0.1, -0.05) is 0 Å². The molecule has 2 N–H and O–H groups in total. The molecule has 0 aromatic heterocycles. The third kappa shape index (κ3) is 4.12. The van der Waals surface area contributed by atoms with E-state index in [1.807, 2.05) is 4.90 Å². The van der Waals surface area contributed by atoms with Crippen LogP contribution in [-0.2, 0) is 14.6 Å². The highest BCUT2D eigenvalue weighted by molar-refractivity contribution is 7.91. The predicted molar refractivity (Wildman–Crippen MR) is 72.8 cm³/mol. The summed E-state index contributed by atoms with van der Waals surface area (Å²) in [6, 6.07) is 5.32. The molecule has 8 heteroatoms. The molecule has 0 aliphatic carbocycles. The fourth-order valence-electron chi connectivity index (χ4n) is 1.68. The molecule has 1 aromatic carbocycles. The van der Waals surface area contributed by atoms with E-state index in [1.165, 1.54) is 24.3 Å². The van der Waals surface area contributed by atoms with Crippen molar-refractivity contribution in [3.05, 3.63) is 24.3 Å². The molecule has 0 saturated carbocycles. The Morgan fingerprint density at radius 2 is 1.85 bits per heavy atom. The number of nitrogens with two attached hydrogens (primary N) is 1. The van der Waals surface area contributed by atoms with Crippen molar-refractivity contribution in [2.45, 2.75) is 10.7 Å².